The van der Waals surface area contributed by atoms with Crippen molar-refractivity contribution in [1.82, 2.24) is 19.3 Å². The maximum absolute atomic E-state index is 13.4. The number of esters is 1. The molecule has 6 rings (SSSR count). The van der Waals surface area contributed by atoms with Crippen LogP contribution in [0.2, 0.25) is 0 Å². The second kappa shape index (κ2) is 6.37. The molecule has 0 fully saturated rings. The van der Waals surface area contributed by atoms with E-state index in [9.17, 15) is 14.7 Å². The van der Waals surface area contributed by atoms with Crippen molar-refractivity contribution in [2.75, 3.05) is 0 Å². The van der Waals surface area contributed by atoms with Gasteiger partial charge in [0.25, 0.3) is 5.56 Å². The van der Waals surface area contributed by atoms with Crippen molar-refractivity contribution in [3.05, 3.63) is 69.8 Å². The number of carbonyl (C=O) groups is 1. The van der Waals surface area contributed by atoms with E-state index in [0.29, 0.717) is 29.1 Å². The lowest BCUT2D eigenvalue weighted by Gasteiger charge is -2.31. The summed E-state index contributed by atoms with van der Waals surface area (Å²) in [5.74, 6) is -0.724. The molecule has 0 spiro atoms. The van der Waals surface area contributed by atoms with Crippen molar-refractivity contribution in [1.29, 1.82) is 0 Å². The normalized spacial score (nSPS) is 18.9. The molecule has 0 bridgehead atoms. The molecule has 8 nitrogen and oxygen atoms in total. The number of benzene rings is 1. The zero-order valence-corrected chi connectivity index (χ0v) is 17.6. The topological polar surface area (TPSA) is 99.2 Å². The second-order valence-electron chi connectivity index (χ2n) is 8.34. The number of hydrogen-bond donors (Lipinski definition) is 1. The van der Waals surface area contributed by atoms with Gasteiger partial charge in [-0.2, -0.15) is 5.10 Å². The van der Waals surface area contributed by atoms with E-state index >= 15 is 0 Å². The van der Waals surface area contributed by atoms with Gasteiger partial charge in [0.05, 0.1) is 35.2 Å². The average Bonchev–Trinajstić information content (AvgIpc) is 3.38. The van der Waals surface area contributed by atoms with Crippen LogP contribution in [0.1, 0.15) is 30.0 Å². The first-order valence-electron chi connectivity index (χ1n) is 10.5. The van der Waals surface area contributed by atoms with Gasteiger partial charge in [-0.1, -0.05) is 25.1 Å². The van der Waals surface area contributed by atoms with Gasteiger partial charge in [0.1, 0.15) is 6.61 Å². The van der Waals surface area contributed by atoms with Gasteiger partial charge in [0.2, 0.25) is 0 Å². The summed E-state index contributed by atoms with van der Waals surface area (Å²) in [5.41, 5.74) is 3.45. The van der Waals surface area contributed by atoms with Gasteiger partial charge in [-0.3, -0.25) is 9.48 Å². The van der Waals surface area contributed by atoms with Crippen molar-refractivity contribution in [2.45, 2.75) is 32.1 Å². The zero-order valence-electron chi connectivity index (χ0n) is 17.6. The smallest absolute Gasteiger partial charge is 0.343 e. The molecule has 2 aliphatic rings. The monoisotopic (exact) mass is 428 g/mol. The van der Waals surface area contributed by atoms with Crippen LogP contribution in [-0.2, 0) is 35.3 Å². The average molecular weight is 428 g/mol. The number of aryl methyl sites for hydroxylation is 1. The number of aromatic nitrogens is 4. The number of nitrogens with zero attached hydrogens (tertiary/aromatic N) is 4. The molecule has 1 aromatic carbocycles. The summed E-state index contributed by atoms with van der Waals surface area (Å²) >= 11 is 0. The third-order valence-electron chi connectivity index (χ3n) is 6.59. The Labute approximate surface area is 182 Å². The Hall–Kier alpha value is -3.78. The number of ether oxygens (including phenoxy) is 1. The fourth-order valence-corrected chi connectivity index (χ4v) is 4.91. The van der Waals surface area contributed by atoms with Gasteiger partial charge in [0, 0.05) is 40.9 Å². The number of cyclic esters (lactones) is 1. The van der Waals surface area contributed by atoms with Crippen LogP contribution in [-0.4, -0.2) is 30.4 Å². The number of para-hydroxylation sites is 1. The molecule has 2 aliphatic heterocycles. The highest BCUT2D eigenvalue weighted by Crippen LogP contribution is 2.42. The van der Waals surface area contributed by atoms with E-state index in [0.717, 1.165) is 27.6 Å². The lowest BCUT2D eigenvalue weighted by atomic mass is 9.86. The number of pyridine rings is 2. The number of rotatable bonds is 2. The minimum atomic E-state index is -1.84. The molecular weight excluding hydrogens is 408 g/mol. The molecule has 160 valence electrons. The summed E-state index contributed by atoms with van der Waals surface area (Å²) < 4.78 is 8.56. The molecule has 3 aromatic heterocycles. The summed E-state index contributed by atoms with van der Waals surface area (Å²) in [6, 6.07) is 9.59. The van der Waals surface area contributed by atoms with Crippen LogP contribution < -0.4 is 5.56 Å². The lowest BCUT2D eigenvalue weighted by Crippen LogP contribution is -2.44. The largest absolute Gasteiger partial charge is 0.458 e. The van der Waals surface area contributed by atoms with E-state index in [2.05, 4.69) is 5.10 Å². The molecule has 0 amide bonds. The molecule has 0 saturated carbocycles. The van der Waals surface area contributed by atoms with Crippen LogP contribution in [0.15, 0.2) is 47.5 Å². The Morgan fingerprint density at radius 2 is 2.03 bits per heavy atom. The van der Waals surface area contributed by atoms with Crippen LogP contribution in [0.4, 0.5) is 0 Å². The molecular formula is C24H20N4O4. The van der Waals surface area contributed by atoms with E-state index in [4.69, 9.17) is 9.72 Å². The predicted octanol–water partition coefficient (Wildman–Crippen LogP) is 2.48. The van der Waals surface area contributed by atoms with Crippen molar-refractivity contribution in [3.63, 3.8) is 0 Å². The molecule has 0 unspecified atom stereocenters. The fraction of sp³-hybridized carbons (Fsp3) is 0.250. The number of fused-ring (bicyclic) bond motifs is 5. The predicted molar refractivity (Wildman–Crippen MR) is 117 cm³/mol. The highest BCUT2D eigenvalue weighted by Gasteiger charge is 2.45. The summed E-state index contributed by atoms with van der Waals surface area (Å²) in [6.45, 7) is 1.90. The molecule has 0 aliphatic carbocycles. The van der Waals surface area contributed by atoms with Crippen LogP contribution in [0.25, 0.3) is 33.4 Å². The molecule has 0 saturated heterocycles. The van der Waals surface area contributed by atoms with Crippen LogP contribution in [0, 0.1) is 0 Å². The van der Waals surface area contributed by atoms with Crippen LogP contribution in [0.5, 0.6) is 0 Å². The third kappa shape index (κ3) is 2.35. The summed E-state index contributed by atoms with van der Waals surface area (Å²) in [7, 11) is 1.86. The molecule has 5 heterocycles. The number of hydrogen-bond acceptors (Lipinski definition) is 6. The van der Waals surface area contributed by atoms with Gasteiger partial charge < -0.3 is 14.4 Å². The Morgan fingerprint density at radius 1 is 1.22 bits per heavy atom. The van der Waals surface area contributed by atoms with E-state index < -0.39 is 11.6 Å². The van der Waals surface area contributed by atoms with E-state index in [-0.39, 0.29) is 18.6 Å². The minimum Gasteiger partial charge on any atom is -0.458 e. The molecule has 32 heavy (non-hydrogen) atoms. The SMILES string of the molecule is CC[C@@]1(O)C(=O)OCc2c1cc1n(c2=O)Cc2c-1nc1ccccc1c2-c1cnn(C)c1. The van der Waals surface area contributed by atoms with Gasteiger partial charge in [-0.15, -0.1) is 0 Å². The first-order valence-corrected chi connectivity index (χ1v) is 10.5. The van der Waals surface area contributed by atoms with Gasteiger partial charge in [0.15, 0.2) is 5.60 Å². The first-order chi connectivity index (χ1) is 15.4. The van der Waals surface area contributed by atoms with Crippen LogP contribution >= 0.6 is 0 Å². The second-order valence-corrected chi connectivity index (χ2v) is 8.34. The Balaban J connectivity index is 1.69. The molecule has 1 atom stereocenters. The quantitative estimate of drug-likeness (QED) is 0.434. The van der Waals surface area contributed by atoms with E-state index in [1.165, 1.54) is 0 Å². The zero-order chi connectivity index (χ0) is 22.2. The van der Waals surface area contributed by atoms with Crippen molar-refractivity contribution in [2.24, 2.45) is 7.05 Å². The first kappa shape index (κ1) is 18.9. The van der Waals surface area contributed by atoms with Crippen molar-refractivity contribution in [3.8, 4) is 22.5 Å². The number of aliphatic hydroxyl groups is 1. The summed E-state index contributed by atoms with van der Waals surface area (Å²) in [4.78, 5) is 30.7. The van der Waals surface area contributed by atoms with E-state index in [1.807, 2.05) is 37.5 Å². The Morgan fingerprint density at radius 3 is 2.78 bits per heavy atom. The number of carbonyl (C=O) groups excluding carboxylic acids is 1. The van der Waals surface area contributed by atoms with Crippen LogP contribution in [0.3, 0.4) is 0 Å². The van der Waals surface area contributed by atoms with E-state index in [1.54, 1.807) is 28.4 Å². The Bertz CT molecular complexity index is 1520. The molecule has 4 aromatic rings. The summed E-state index contributed by atoms with van der Waals surface area (Å²) in [6.07, 6.45) is 3.86. The summed E-state index contributed by atoms with van der Waals surface area (Å²) in [5, 5.41) is 16.4. The van der Waals surface area contributed by atoms with Gasteiger partial charge >= 0.3 is 5.97 Å². The maximum atomic E-state index is 13.4. The minimum absolute atomic E-state index is 0.112. The van der Waals surface area contributed by atoms with Gasteiger partial charge in [-0.25, -0.2) is 9.78 Å². The van der Waals surface area contributed by atoms with Crippen molar-refractivity contribution < 1.29 is 14.6 Å². The Kier molecular flexibility index (Phi) is 3.77. The molecule has 1 N–H and O–H groups in total. The maximum Gasteiger partial charge on any atom is 0.343 e. The van der Waals surface area contributed by atoms with Crippen molar-refractivity contribution >= 4 is 16.9 Å². The molecule has 0 radical (unpaired) electrons. The van der Waals surface area contributed by atoms with Gasteiger partial charge in [-0.05, 0) is 18.6 Å². The fourth-order valence-electron chi connectivity index (χ4n) is 4.91. The highest BCUT2D eigenvalue weighted by atomic mass is 16.6. The lowest BCUT2D eigenvalue weighted by molar-refractivity contribution is -0.172. The molecule has 8 heteroatoms. The standard InChI is InChI=1S/C24H20N4O4/c1-3-24(31)17-8-19-21-15(11-28(19)22(29)16(17)12-32-23(24)30)20(13-9-25-27(2)10-13)14-6-4-5-7-18(14)26-21/h4-10,31H,3,11-12H2,1-2H3/t24-/m0/s1. The highest BCUT2D eigenvalue weighted by molar-refractivity contribution is 5.99. The third-order valence-corrected chi connectivity index (χ3v) is 6.59.